The van der Waals surface area contributed by atoms with E-state index in [0.29, 0.717) is 41.5 Å². The van der Waals surface area contributed by atoms with Crippen LogP contribution in [0.1, 0.15) is 49.5 Å². The number of carbonyl (C=O) groups excluding carboxylic acids is 2. The first-order valence-electron chi connectivity index (χ1n) is 14.8. The van der Waals surface area contributed by atoms with E-state index in [-0.39, 0.29) is 24.0 Å². The average Bonchev–Trinajstić information content (AvgIpc) is 3.48. The van der Waals surface area contributed by atoms with Gasteiger partial charge in [0.2, 0.25) is 5.95 Å². The summed E-state index contributed by atoms with van der Waals surface area (Å²) >= 11 is 0. The topological polar surface area (TPSA) is 131 Å². The van der Waals surface area contributed by atoms with Gasteiger partial charge in [-0.3, -0.25) is 9.59 Å². The summed E-state index contributed by atoms with van der Waals surface area (Å²) in [6.07, 6.45) is 5.82. The zero-order chi connectivity index (χ0) is 30.8. The van der Waals surface area contributed by atoms with Crippen LogP contribution in [-0.2, 0) is 17.6 Å². The van der Waals surface area contributed by atoms with Gasteiger partial charge in [0.1, 0.15) is 11.6 Å². The molecule has 0 aliphatic carbocycles. The van der Waals surface area contributed by atoms with Crippen molar-refractivity contribution in [2.75, 3.05) is 37.9 Å². The van der Waals surface area contributed by atoms with Crippen LogP contribution in [0.25, 0.3) is 5.82 Å². The maximum atomic E-state index is 13.3. The second-order valence-electron chi connectivity index (χ2n) is 11.2. The van der Waals surface area contributed by atoms with Gasteiger partial charge in [0, 0.05) is 48.6 Å². The molecule has 4 N–H and O–H groups in total. The van der Waals surface area contributed by atoms with E-state index in [4.69, 9.17) is 14.5 Å². The number of fused-ring (bicyclic) bond motifs is 3. The average molecular weight is 596 g/mol. The Morgan fingerprint density at radius 2 is 1.86 bits per heavy atom. The molecule has 6 rings (SSSR count). The van der Waals surface area contributed by atoms with Gasteiger partial charge in [-0.2, -0.15) is 4.98 Å². The first-order chi connectivity index (χ1) is 21.4. The minimum absolute atomic E-state index is 0.0711. The molecule has 11 nitrogen and oxygen atoms in total. The van der Waals surface area contributed by atoms with Crippen LogP contribution < -0.4 is 26.0 Å². The summed E-state index contributed by atoms with van der Waals surface area (Å²) in [7, 11) is 3.21. The van der Waals surface area contributed by atoms with Gasteiger partial charge in [-0.25, -0.2) is 4.98 Å². The van der Waals surface area contributed by atoms with E-state index in [1.54, 1.807) is 32.4 Å². The van der Waals surface area contributed by atoms with Crippen molar-refractivity contribution in [2.24, 2.45) is 0 Å². The van der Waals surface area contributed by atoms with Crippen LogP contribution in [0.3, 0.4) is 0 Å². The van der Waals surface area contributed by atoms with Crippen LogP contribution >= 0.6 is 0 Å². The van der Waals surface area contributed by atoms with Crippen LogP contribution in [0.5, 0.6) is 5.75 Å². The highest BCUT2D eigenvalue weighted by Gasteiger charge is 2.27. The van der Waals surface area contributed by atoms with Crippen molar-refractivity contribution in [2.45, 2.75) is 45.3 Å². The predicted octanol–water partition coefficient (Wildman–Crippen LogP) is 4.09. The summed E-state index contributed by atoms with van der Waals surface area (Å²) < 4.78 is 13.1. The molecular weight excluding hydrogens is 558 g/mol. The molecule has 0 saturated carbocycles. The van der Waals surface area contributed by atoms with Crippen molar-refractivity contribution in [3.8, 4) is 11.6 Å². The van der Waals surface area contributed by atoms with E-state index in [0.717, 1.165) is 53.3 Å². The van der Waals surface area contributed by atoms with Crippen LogP contribution in [0.4, 0.5) is 17.3 Å². The van der Waals surface area contributed by atoms with E-state index in [2.05, 4.69) is 26.3 Å². The van der Waals surface area contributed by atoms with E-state index in [9.17, 15) is 9.59 Å². The molecule has 1 fully saturated rings. The number of aromatic nitrogens is 3. The van der Waals surface area contributed by atoms with Gasteiger partial charge in [-0.15, -0.1) is 0 Å². The Kier molecular flexibility index (Phi) is 8.32. The Morgan fingerprint density at radius 1 is 1.05 bits per heavy atom. The zero-order valence-electron chi connectivity index (χ0n) is 25.4. The Hall–Kier alpha value is -4.74. The van der Waals surface area contributed by atoms with Gasteiger partial charge in [0.25, 0.3) is 11.8 Å². The van der Waals surface area contributed by atoms with E-state index in [1.807, 2.05) is 55.1 Å². The molecule has 0 bridgehead atoms. The SMILES string of the molecule is COc1cc(C(=O)N[C@@H]2CCNC[C@@H]2OC)ccc1Nc1ncc2c(n1)-n1ccc(C(=O)Nc3c(C)cccc3C)c1CC2. The van der Waals surface area contributed by atoms with Crippen molar-refractivity contribution >= 4 is 29.1 Å². The van der Waals surface area contributed by atoms with E-state index < -0.39 is 0 Å². The summed E-state index contributed by atoms with van der Waals surface area (Å²) in [5.41, 5.74) is 6.51. The largest absolute Gasteiger partial charge is 0.495 e. The molecule has 1 saturated heterocycles. The molecule has 0 spiro atoms. The van der Waals surface area contributed by atoms with Crippen molar-refractivity contribution in [3.63, 3.8) is 0 Å². The third-order valence-corrected chi connectivity index (χ3v) is 8.41. The number of nitrogens with one attached hydrogen (secondary N) is 4. The summed E-state index contributed by atoms with van der Waals surface area (Å²) in [5, 5.41) is 12.7. The first-order valence-corrected chi connectivity index (χ1v) is 14.8. The number of nitrogens with zero attached hydrogens (tertiary/aromatic N) is 3. The standard InChI is InChI=1S/C33H37N7O4/c1-19-6-5-7-20(2)29(19)38-32(42)23-13-15-40-26(23)11-9-22-17-35-33(39-30(22)40)37-24-10-8-21(16-27(24)43-3)31(41)36-25-12-14-34-18-28(25)44-4/h5-8,10,13,15-17,25,28,34H,9,11-12,14,18H2,1-4H3,(H,36,41)(H,38,42)(H,35,37,39)/t25-,28+/m1/s1. The summed E-state index contributed by atoms with van der Waals surface area (Å²) in [6, 6.07) is 13.0. The number of methoxy groups -OCH3 is 2. The van der Waals surface area contributed by atoms with Crippen molar-refractivity contribution in [1.82, 2.24) is 25.2 Å². The molecule has 4 heterocycles. The number of ether oxygens (including phenoxy) is 2. The second kappa shape index (κ2) is 12.5. The smallest absolute Gasteiger partial charge is 0.257 e. The predicted molar refractivity (Wildman–Crippen MR) is 168 cm³/mol. The van der Waals surface area contributed by atoms with Gasteiger partial charge < -0.3 is 35.3 Å². The quantitative estimate of drug-likeness (QED) is 0.240. The number of hydrogen-bond donors (Lipinski definition) is 4. The summed E-state index contributed by atoms with van der Waals surface area (Å²) in [6.45, 7) is 5.50. The molecule has 2 amide bonds. The number of anilines is 3. The fourth-order valence-electron chi connectivity index (χ4n) is 5.96. The minimum atomic E-state index is -0.189. The van der Waals surface area contributed by atoms with Gasteiger partial charge in [-0.1, -0.05) is 18.2 Å². The molecule has 11 heteroatoms. The molecule has 2 aliphatic rings. The summed E-state index contributed by atoms with van der Waals surface area (Å²) in [5.74, 6) is 1.25. The number of amides is 2. The number of benzene rings is 2. The van der Waals surface area contributed by atoms with Crippen molar-refractivity contribution < 1.29 is 19.1 Å². The number of carbonyl (C=O) groups is 2. The Labute approximate surface area is 256 Å². The molecule has 0 radical (unpaired) electrons. The molecule has 0 unspecified atom stereocenters. The fraction of sp³-hybridized carbons (Fsp3) is 0.333. The molecule has 2 atom stereocenters. The molecular formula is C33H37N7O4. The Morgan fingerprint density at radius 3 is 2.64 bits per heavy atom. The fourth-order valence-corrected chi connectivity index (χ4v) is 5.96. The van der Waals surface area contributed by atoms with Crippen LogP contribution in [-0.4, -0.2) is 65.8 Å². The Balaban J connectivity index is 1.20. The maximum Gasteiger partial charge on any atom is 0.257 e. The molecule has 2 aromatic carbocycles. The molecule has 228 valence electrons. The number of aryl methyl sites for hydroxylation is 3. The molecule has 44 heavy (non-hydrogen) atoms. The highest BCUT2D eigenvalue weighted by atomic mass is 16.5. The number of para-hydroxylation sites is 1. The zero-order valence-corrected chi connectivity index (χ0v) is 25.4. The molecule has 4 aromatic rings. The van der Waals surface area contributed by atoms with E-state index >= 15 is 0 Å². The number of hydrogen-bond acceptors (Lipinski definition) is 8. The lowest BCUT2D eigenvalue weighted by molar-refractivity contribution is 0.0476. The van der Waals surface area contributed by atoms with Crippen molar-refractivity contribution in [1.29, 1.82) is 0 Å². The third kappa shape index (κ3) is 5.76. The number of rotatable bonds is 8. The Bertz CT molecular complexity index is 1700. The lowest BCUT2D eigenvalue weighted by Crippen LogP contribution is -2.53. The van der Waals surface area contributed by atoms with E-state index in [1.165, 1.54) is 0 Å². The van der Waals surface area contributed by atoms with Gasteiger partial charge >= 0.3 is 0 Å². The second-order valence-corrected chi connectivity index (χ2v) is 11.2. The molecule has 2 aromatic heterocycles. The monoisotopic (exact) mass is 595 g/mol. The van der Waals surface area contributed by atoms with Crippen LogP contribution in [0, 0.1) is 13.8 Å². The highest BCUT2D eigenvalue weighted by molar-refractivity contribution is 6.06. The lowest BCUT2D eigenvalue weighted by Gasteiger charge is -2.31. The van der Waals surface area contributed by atoms with Gasteiger partial charge in [0.15, 0.2) is 0 Å². The molecule has 2 aliphatic heterocycles. The summed E-state index contributed by atoms with van der Waals surface area (Å²) in [4.78, 5) is 35.7. The first kappa shape index (κ1) is 29.3. The maximum absolute atomic E-state index is 13.3. The number of piperidine rings is 1. The normalized spacial score (nSPS) is 17.3. The van der Waals surface area contributed by atoms with Crippen LogP contribution in [0.2, 0.25) is 0 Å². The minimum Gasteiger partial charge on any atom is -0.495 e. The van der Waals surface area contributed by atoms with Crippen molar-refractivity contribution in [3.05, 3.63) is 88.4 Å². The van der Waals surface area contributed by atoms with Gasteiger partial charge in [0.05, 0.1) is 30.5 Å². The highest BCUT2D eigenvalue weighted by Crippen LogP contribution is 2.31. The van der Waals surface area contributed by atoms with Gasteiger partial charge in [-0.05, 0) is 75.0 Å². The third-order valence-electron chi connectivity index (χ3n) is 8.41. The van der Waals surface area contributed by atoms with Crippen LogP contribution in [0.15, 0.2) is 54.9 Å². The lowest BCUT2D eigenvalue weighted by atomic mass is 10.0.